The summed E-state index contributed by atoms with van der Waals surface area (Å²) in [5.74, 6) is 1.23. The molecule has 0 N–H and O–H groups in total. The molecule has 0 aliphatic heterocycles. The first-order valence-electron chi connectivity index (χ1n) is 9.47. The monoisotopic (exact) mass is 432 g/mol. The molecular weight excluding hydrogens is 414 g/mol. The van der Waals surface area contributed by atoms with Crippen molar-refractivity contribution in [3.8, 4) is 22.9 Å². The van der Waals surface area contributed by atoms with Crippen molar-refractivity contribution in [3.63, 3.8) is 0 Å². The van der Waals surface area contributed by atoms with Crippen LogP contribution in [0.25, 0.3) is 32.6 Å². The zero-order valence-electron chi connectivity index (χ0n) is 17.3. The van der Waals surface area contributed by atoms with Gasteiger partial charge in [-0.1, -0.05) is 0 Å². The Morgan fingerprint density at radius 1 is 0.812 bits per heavy atom. The quantitative estimate of drug-likeness (QED) is 0.344. The smallest absolute Gasteiger partial charge is 0.285 e. The van der Waals surface area contributed by atoms with Crippen LogP contribution in [0.5, 0.6) is 0 Å². The molecule has 32 heavy (non-hydrogen) atoms. The molecule has 0 spiro atoms. The Labute approximate surface area is 183 Å². The standard InChI is InChI=1S/C13H11FN2O.C11H7FN2O/c1-13(2,15-3)11-8-16-12(17-11)9-4-6-10(14)7-5-9;1-13-6-10-7-14-11(15-10)8-2-4-9(12)5-3-8/h4-8H,1-2H3;2-5,7H,6H2. The molecule has 0 atom stereocenters. The molecule has 0 bridgehead atoms. The molecule has 8 heteroatoms. The predicted molar refractivity (Wildman–Crippen MR) is 114 cm³/mol. The average molecular weight is 432 g/mol. The number of nitrogens with zero attached hydrogens (tertiary/aromatic N) is 4. The molecule has 0 amide bonds. The van der Waals surface area contributed by atoms with Gasteiger partial charge in [-0.15, -0.1) is 0 Å². The van der Waals surface area contributed by atoms with E-state index in [1.165, 1.54) is 36.7 Å². The van der Waals surface area contributed by atoms with Gasteiger partial charge >= 0.3 is 0 Å². The number of hydrogen-bond donors (Lipinski definition) is 0. The van der Waals surface area contributed by atoms with E-state index >= 15 is 0 Å². The van der Waals surface area contributed by atoms with Gasteiger partial charge in [-0.05, 0) is 48.5 Å². The highest BCUT2D eigenvalue weighted by Crippen LogP contribution is 2.28. The van der Waals surface area contributed by atoms with E-state index in [0.29, 0.717) is 34.4 Å². The van der Waals surface area contributed by atoms with Gasteiger partial charge in [0.15, 0.2) is 0 Å². The molecule has 4 aromatic rings. The van der Waals surface area contributed by atoms with Gasteiger partial charge in [0.05, 0.1) is 12.4 Å². The van der Waals surface area contributed by atoms with Crippen molar-refractivity contribution < 1.29 is 17.6 Å². The second-order valence-corrected chi connectivity index (χ2v) is 7.16. The fourth-order valence-corrected chi connectivity index (χ4v) is 2.52. The van der Waals surface area contributed by atoms with Gasteiger partial charge in [-0.25, -0.2) is 31.9 Å². The van der Waals surface area contributed by atoms with E-state index in [2.05, 4.69) is 19.7 Å². The molecule has 0 unspecified atom stereocenters. The van der Waals surface area contributed by atoms with E-state index in [-0.39, 0.29) is 18.2 Å². The fraction of sp³-hybridized carbons (Fsp3) is 0.167. The number of hydrogen-bond acceptors (Lipinski definition) is 4. The van der Waals surface area contributed by atoms with Gasteiger partial charge in [0, 0.05) is 25.0 Å². The molecule has 0 radical (unpaired) electrons. The summed E-state index contributed by atoms with van der Waals surface area (Å²) < 4.78 is 36.2. The molecule has 2 aromatic carbocycles. The Balaban J connectivity index is 0.000000182. The summed E-state index contributed by atoms with van der Waals surface area (Å²) in [7, 11) is 0. The number of benzene rings is 2. The summed E-state index contributed by atoms with van der Waals surface area (Å²) in [5.41, 5.74) is 0.664. The molecule has 2 heterocycles. The van der Waals surface area contributed by atoms with Crippen LogP contribution >= 0.6 is 0 Å². The van der Waals surface area contributed by atoms with E-state index in [4.69, 9.17) is 22.0 Å². The third kappa shape index (κ3) is 5.44. The van der Waals surface area contributed by atoms with Crippen LogP contribution in [-0.2, 0) is 12.1 Å². The molecule has 6 nitrogen and oxygen atoms in total. The van der Waals surface area contributed by atoms with Crippen molar-refractivity contribution in [1.82, 2.24) is 9.97 Å². The lowest BCUT2D eigenvalue weighted by molar-refractivity contribution is 0.443. The highest BCUT2D eigenvalue weighted by Gasteiger charge is 2.31. The highest BCUT2D eigenvalue weighted by atomic mass is 19.1. The molecule has 0 fully saturated rings. The van der Waals surface area contributed by atoms with Crippen LogP contribution in [0, 0.1) is 24.8 Å². The van der Waals surface area contributed by atoms with Crippen LogP contribution in [0.4, 0.5) is 8.78 Å². The molecule has 2 aromatic heterocycles. The molecule has 4 rings (SSSR count). The Morgan fingerprint density at radius 2 is 1.31 bits per heavy atom. The zero-order valence-corrected chi connectivity index (χ0v) is 17.3. The number of halogens is 2. The van der Waals surface area contributed by atoms with Gasteiger partial charge in [-0.3, -0.25) is 0 Å². The first-order valence-corrected chi connectivity index (χ1v) is 9.47. The summed E-state index contributed by atoms with van der Waals surface area (Å²) in [5, 5.41) is 0. The largest absolute Gasteiger partial charge is 0.433 e. The van der Waals surface area contributed by atoms with E-state index < -0.39 is 5.54 Å². The van der Waals surface area contributed by atoms with Crippen LogP contribution in [0.3, 0.4) is 0 Å². The number of oxazole rings is 2. The highest BCUT2D eigenvalue weighted by molar-refractivity contribution is 5.53. The summed E-state index contributed by atoms with van der Waals surface area (Å²) in [6.45, 7) is 17.4. The lowest BCUT2D eigenvalue weighted by Crippen LogP contribution is -2.09. The predicted octanol–water partition coefficient (Wildman–Crippen LogP) is 6.54. The summed E-state index contributed by atoms with van der Waals surface area (Å²) in [6, 6.07) is 11.7. The van der Waals surface area contributed by atoms with E-state index in [1.54, 1.807) is 38.1 Å². The third-order valence-corrected chi connectivity index (χ3v) is 4.36. The second kappa shape index (κ2) is 9.67. The maximum Gasteiger partial charge on any atom is 0.285 e. The van der Waals surface area contributed by atoms with Gasteiger partial charge in [-0.2, -0.15) is 0 Å². The number of aromatic nitrogens is 2. The minimum absolute atomic E-state index is 0.175. The Morgan fingerprint density at radius 3 is 1.81 bits per heavy atom. The van der Waals surface area contributed by atoms with Gasteiger partial charge in [0.25, 0.3) is 12.1 Å². The van der Waals surface area contributed by atoms with Crippen molar-refractivity contribution in [3.05, 3.63) is 107 Å². The molecular formula is C24H18F2N4O2. The SMILES string of the molecule is [C-]#[N+]C(C)(C)c1cnc(-c2ccc(F)cc2)o1.[C-]#[N+]Cc1cnc(-c2ccc(F)cc2)o1. The summed E-state index contributed by atoms with van der Waals surface area (Å²) in [6.07, 6.45) is 3.05. The van der Waals surface area contributed by atoms with Crippen molar-refractivity contribution in [2.24, 2.45) is 0 Å². The van der Waals surface area contributed by atoms with Crippen LogP contribution in [0.1, 0.15) is 25.4 Å². The Bertz CT molecular complexity index is 1260. The van der Waals surface area contributed by atoms with Gasteiger partial charge < -0.3 is 18.5 Å². The normalized spacial score (nSPS) is 10.6. The molecule has 0 aliphatic carbocycles. The second-order valence-electron chi connectivity index (χ2n) is 7.16. The van der Waals surface area contributed by atoms with E-state index in [9.17, 15) is 8.78 Å². The number of rotatable bonds is 4. The van der Waals surface area contributed by atoms with Gasteiger partial charge in [0.1, 0.15) is 11.6 Å². The third-order valence-electron chi connectivity index (χ3n) is 4.36. The summed E-state index contributed by atoms with van der Waals surface area (Å²) >= 11 is 0. The minimum Gasteiger partial charge on any atom is -0.433 e. The van der Waals surface area contributed by atoms with Crippen molar-refractivity contribution in [2.45, 2.75) is 25.9 Å². The van der Waals surface area contributed by atoms with E-state index in [0.717, 1.165) is 0 Å². The lowest BCUT2D eigenvalue weighted by Gasteiger charge is -2.05. The van der Waals surface area contributed by atoms with Crippen molar-refractivity contribution >= 4 is 0 Å². The fourth-order valence-electron chi connectivity index (χ4n) is 2.52. The average Bonchev–Trinajstić information content (AvgIpc) is 3.46. The van der Waals surface area contributed by atoms with E-state index in [1.807, 2.05) is 0 Å². The van der Waals surface area contributed by atoms with Crippen LogP contribution in [-0.4, -0.2) is 9.97 Å². The maximum absolute atomic E-state index is 12.8. The first kappa shape index (κ1) is 22.4. The molecule has 160 valence electrons. The van der Waals surface area contributed by atoms with Crippen molar-refractivity contribution in [1.29, 1.82) is 0 Å². The van der Waals surface area contributed by atoms with Gasteiger partial charge in [0.2, 0.25) is 23.3 Å². The van der Waals surface area contributed by atoms with Crippen LogP contribution < -0.4 is 0 Å². The molecule has 0 aliphatic rings. The molecule has 0 saturated heterocycles. The lowest BCUT2D eigenvalue weighted by atomic mass is 10.1. The van der Waals surface area contributed by atoms with Crippen LogP contribution in [0.15, 0.2) is 69.8 Å². The molecule has 0 saturated carbocycles. The first-order chi connectivity index (χ1) is 15.3. The zero-order chi connectivity index (χ0) is 23.1. The Hall–Kier alpha value is -4.30. The minimum atomic E-state index is -0.731. The topological polar surface area (TPSA) is 60.8 Å². The van der Waals surface area contributed by atoms with Crippen molar-refractivity contribution in [2.75, 3.05) is 0 Å². The Kier molecular flexibility index (Phi) is 6.77. The summed E-state index contributed by atoms with van der Waals surface area (Å²) in [4.78, 5) is 14.8. The maximum atomic E-state index is 12.8. The van der Waals surface area contributed by atoms with Crippen LogP contribution in [0.2, 0.25) is 0 Å².